The molecule has 2 heterocycles. The van der Waals surface area contributed by atoms with Crippen LogP contribution >= 0.6 is 0 Å². The molecule has 4 N–H and O–H groups in total. The summed E-state index contributed by atoms with van der Waals surface area (Å²) >= 11 is 0. The summed E-state index contributed by atoms with van der Waals surface area (Å²) in [5.41, 5.74) is 5.19. The molecule has 47 heavy (non-hydrogen) atoms. The van der Waals surface area contributed by atoms with Crippen molar-refractivity contribution in [1.29, 1.82) is 0 Å². The number of fused-ring (bicyclic) bond motifs is 2. The summed E-state index contributed by atoms with van der Waals surface area (Å²) in [6.07, 6.45) is 7.66. The van der Waals surface area contributed by atoms with Crippen LogP contribution in [0.25, 0.3) is 0 Å². The highest BCUT2D eigenvalue weighted by atomic mass is 32.2. The van der Waals surface area contributed by atoms with E-state index in [1.807, 2.05) is 45.1 Å². The highest BCUT2D eigenvalue weighted by Gasteiger charge is 2.44. The van der Waals surface area contributed by atoms with Crippen LogP contribution in [0.5, 0.6) is 0 Å². The summed E-state index contributed by atoms with van der Waals surface area (Å²) in [6.45, 7) is 17.1. The van der Waals surface area contributed by atoms with Gasteiger partial charge in [-0.3, -0.25) is 18.9 Å². The molecule has 2 aromatic carbocycles. The van der Waals surface area contributed by atoms with Crippen molar-refractivity contribution >= 4 is 44.9 Å². The Labute approximate surface area is 276 Å². The Hall–Kier alpha value is -4.55. The van der Waals surface area contributed by atoms with Gasteiger partial charge in [0.05, 0.1) is 23.4 Å². The van der Waals surface area contributed by atoms with Gasteiger partial charge in [0.25, 0.3) is 16.0 Å². The van der Waals surface area contributed by atoms with E-state index in [1.165, 1.54) is 12.1 Å². The van der Waals surface area contributed by atoms with Gasteiger partial charge in [-0.15, -0.1) is 6.58 Å². The fourth-order valence-corrected chi connectivity index (χ4v) is 6.80. The van der Waals surface area contributed by atoms with Crippen LogP contribution in [-0.4, -0.2) is 73.7 Å². The number of likely N-dealkylation sites (N-methyl/N-ethyl adjacent to an activating group) is 1. The molecule has 3 amide bonds. The molecule has 0 saturated carbocycles. The summed E-state index contributed by atoms with van der Waals surface area (Å²) in [5.74, 6) is -1.22. The first-order valence-corrected chi connectivity index (χ1v) is 17.0. The van der Waals surface area contributed by atoms with Gasteiger partial charge in [-0.2, -0.15) is 13.0 Å². The van der Waals surface area contributed by atoms with Crippen LogP contribution in [0.3, 0.4) is 0 Å². The van der Waals surface area contributed by atoms with E-state index in [1.54, 1.807) is 18.2 Å². The predicted octanol–water partition coefficient (Wildman–Crippen LogP) is 3.74. The summed E-state index contributed by atoms with van der Waals surface area (Å²) in [5, 5.41) is 7.67. The molecule has 0 aliphatic carbocycles. The number of rotatable bonds is 12. The molecule has 11 nitrogen and oxygen atoms in total. The van der Waals surface area contributed by atoms with Crippen LogP contribution < -0.4 is 20.9 Å². The number of nitrogens with zero attached hydrogens (tertiary/aromatic N) is 2. The second kappa shape index (κ2) is 13.7. The maximum absolute atomic E-state index is 13.0. The maximum atomic E-state index is 13.0. The second-order valence-electron chi connectivity index (χ2n) is 12.5. The van der Waals surface area contributed by atoms with Crippen LogP contribution in [0.2, 0.25) is 0 Å². The summed E-state index contributed by atoms with van der Waals surface area (Å²) < 4.78 is 35.6. The Kier molecular flexibility index (Phi) is 10.3. The molecule has 0 unspecified atom stereocenters. The van der Waals surface area contributed by atoms with Crippen molar-refractivity contribution < 1.29 is 31.9 Å². The Balaban J connectivity index is 1.54. The predicted molar refractivity (Wildman–Crippen MR) is 183 cm³/mol. The number of carbonyl (C=O) groups excluding carboxylic acids is 3. The number of anilines is 1. The fourth-order valence-electron chi connectivity index (χ4n) is 6.30. The topological polar surface area (TPSA) is 148 Å². The number of hydrogen-bond acceptors (Lipinski definition) is 6. The largest absolute Gasteiger partial charge is 0.351 e. The third kappa shape index (κ3) is 7.08. The normalized spacial score (nSPS) is 17.1. The molecule has 2 aliphatic rings. The Morgan fingerprint density at radius 1 is 0.936 bits per heavy atom. The average Bonchev–Trinajstić information content (AvgIpc) is 3.38. The number of hydrogen-bond donors (Lipinski definition) is 4. The lowest BCUT2D eigenvalue weighted by Crippen LogP contribution is -2.42. The van der Waals surface area contributed by atoms with Gasteiger partial charge in [0, 0.05) is 53.2 Å². The molecule has 0 fully saturated rings. The van der Waals surface area contributed by atoms with Gasteiger partial charge in [-0.25, -0.2) is 0 Å². The quantitative estimate of drug-likeness (QED) is 0.154. The first-order valence-electron chi connectivity index (χ1n) is 15.6. The molecule has 250 valence electrons. The van der Waals surface area contributed by atoms with Gasteiger partial charge >= 0.3 is 0 Å². The molecule has 0 radical (unpaired) electrons. The third-order valence-electron chi connectivity index (χ3n) is 8.76. The van der Waals surface area contributed by atoms with E-state index in [0.717, 1.165) is 33.9 Å². The van der Waals surface area contributed by atoms with E-state index in [2.05, 4.69) is 58.9 Å². The first-order chi connectivity index (χ1) is 22.1. The van der Waals surface area contributed by atoms with Gasteiger partial charge in [0.15, 0.2) is 5.71 Å². The minimum absolute atomic E-state index is 0.128. The van der Waals surface area contributed by atoms with Crippen molar-refractivity contribution in [3.63, 3.8) is 0 Å². The van der Waals surface area contributed by atoms with Crippen molar-refractivity contribution in [2.24, 2.45) is 0 Å². The minimum atomic E-state index is -4.34. The maximum Gasteiger partial charge on any atom is 0.294 e. The SMILES string of the molecule is C=CCNC(=O)CNC(=O)CNC(=O)c1ccc2c(c1)C(C)(C)C(/C=C/C=C1/N(CC)c3ccc(S(=O)(=O)O)cc3C1(C)C)=[N+]2CC. The van der Waals surface area contributed by atoms with Gasteiger partial charge in [0.2, 0.25) is 17.5 Å². The molecule has 0 spiro atoms. The van der Waals surface area contributed by atoms with Gasteiger partial charge < -0.3 is 20.9 Å². The molecular formula is C35H44N5O6S+. The lowest BCUT2D eigenvalue weighted by molar-refractivity contribution is -0.433. The van der Waals surface area contributed by atoms with Crippen LogP contribution in [0.4, 0.5) is 11.4 Å². The molecule has 2 aromatic rings. The van der Waals surface area contributed by atoms with E-state index in [0.29, 0.717) is 25.2 Å². The number of nitrogens with one attached hydrogen (secondary N) is 3. The molecule has 0 bridgehead atoms. The van der Waals surface area contributed by atoms with Crippen LogP contribution in [0.1, 0.15) is 63.0 Å². The van der Waals surface area contributed by atoms with Crippen LogP contribution in [0, 0.1) is 0 Å². The molecule has 0 atom stereocenters. The zero-order valence-electron chi connectivity index (χ0n) is 27.8. The lowest BCUT2D eigenvalue weighted by Gasteiger charge is -2.25. The number of benzene rings is 2. The molecule has 0 saturated heterocycles. The minimum Gasteiger partial charge on any atom is -0.351 e. The highest BCUT2D eigenvalue weighted by Crippen LogP contribution is 2.48. The Bertz CT molecular complexity index is 1820. The number of allylic oxidation sites excluding steroid dienone is 4. The monoisotopic (exact) mass is 662 g/mol. The van der Waals surface area contributed by atoms with E-state index >= 15 is 0 Å². The molecule has 0 aromatic heterocycles. The number of amides is 3. The lowest BCUT2D eigenvalue weighted by atomic mass is 9.80. The van der Waals surface area contributed by atoms with Crippen molar-refractivity contribution in [3.8, 4) is 0 Å². The van der Waals surface area contributed by atoms with Crippen molar-refractivity contribution in [2.75, 3.05) is 37.6 Å². The highest BCUT2D eigenvalue weighted by molar-refractivity contribution is 7.85. The second-order valence-corrected chi connectivity index (χ2v) is 13.9. The summed E-state index contributed by atoms with van der Waals surface area (Å²) in [6, 6.07) is 10.2. The number of carbonyl (C=O) groups is 3. The fraction of sp³-hybridized carbons (Fsp3) is 0.371. The van der Waals surface area contributed by atoms with Crippen LogP contribution in [0.15, 0.2) is 77.9 Å². The Morgan fingerprint density at radius 3 is 2.26 bits per heavy atom. The van der Waals surface area contributed by atoms with Gasteiger partial charge in [-0.1, -0.05) is 26.0 Å². The summed E-state index contributed by atoms with van der Waals surface area (Å²) in [7, 11) is -4.34. The first kappa shape index (κ1) is 35.3. The third-order valence-corrected chi connectivity index (χ3v) is 9.60. The zero-order chi connectivity index (χ0) is 34.7. The van der Waals surface area contributed by atoms with Crippen molar-refractivity contribution in [3.05, 3.63) is 89.7 Å². The molecule has 4 rings (SSSR count). The Morgan fingerprint density at radius 2 is 1.62 bits per heavy atom. The zero-order valence-corrected chi connectivity index (χ0v) is 28.6. The van der Waals surface area contributed by atoms with Crippen molar-refractivity contribution in [2.45, 2.75) is 57.3 Å². The van der Waals surface area contributed by atoms with Gasteiger partial charge in [0.1, 0.15) is 6.54 Å². The van der Waals surface area contributed by atoms with Crippen molar-refractivity contribution in [1.82, 2.24) is 16.0 Å². The van der Waals surface area contributed by atoms with Crippen LogP contribution in [-0.2, 0) is 30.5 Å². The van der Waals surface area contributed by atoms with Gasteiger partial charge in [-0.05, 0) is 69.7 Å². The van der Waals surface area contributed by atoms with E-state index in [-0.39, 0.29) is 23.9 Å². The van der Waals surface area contributed by atoms with E-state index in [4.69, 9.17) is 0 Å². The van der Waals surface area contributed by atoms with E-state index < -0.39 is 32.8 Å². The molecule has 12 heteroatoms. The van der Waals surface area contributed by atoms with E-state index in [9.17, 15) is 27.4 Å². The average molecular weight is 663 g/mol. The molecular weight excluding hydrogens is 618 g/mol. The standard InChI is InChI=1S/C35H43N5O6S/c1-8-18-36-31(41)21-37-32(42)22-38-33(43)23-14-16-27-25(19-23)34(4,5)29(39(27)9-2)12-11-13-30-35(6,7)26-20-24(47(44,45)46)15-17-28(26)40(30)10-3/h8,11-17,19-20H,1,9-10,18,21-22H2,2-7H3,(H3-,36,37,38,41,42,43,44,45,46)/p+1. The smallest absolute Gasteiger partial charge is 0.294 e. The summed E-state index contributed by atoms with van der Waals surface area (Å²) in [4.78, 5) is 38.9. The molecule has 2 aliphatic heterocycles.